The van der Waals surface area contributed by atoms with E-state index in [1.54, 1.807) is 0 Å². The van der Waals surface area contributed by atoms with Crippen molar-refractivity contribution in [2.24, 2.45) is 5.92 Å². The number of hydrogen-bond donors (Lipinski definition) is 1. The van der Waals surface area contributed by atoms with Gasteiger partial charge in [-0.25, -0.2) is 0 Å². The lowest BCUT2D eigenvalue weighted by molar-refractivity contribution is 0.0753. The highest BCUT2D eigenvalue weighted by Crippen LogP contribution is 2.29. The third-order valence-electron chi connectivity index (χ3n) is 5.66. The zero-order valence-corrected chi connectivity index (χ0v) is 14.0. The van der Waals surface area contributed by atoms with Gasteiger partial charge in [0.1, 0.15) is 0 Å². The summed E-state index contributed by atoms with van der Waals surface area (Å²) >= 11 is 0. The Morgan fingerprint density at radius 3 is 2.20 bits per heavy atom. The Kier molecular flexibility index (Phi) is 6.83. The lowest BCUT2D eigenvalue weighted by atomic mass is 9.83. The van der Waals surface area contributed by atoms with Crippen molar-refractivity contribution in [1.82, 2.24) is 10.2 Å². The fourth-order valence-electron chi connectivity index (χ4n) is 4.31. The molecule has 1 saturated carbocycles. The topological polar surface area (TPSA) is 15.3 Å². The zero-order valence-electron chi connectivity index (χ0n) is 14.0. The molecule has 1 unspecified atom stereocenters. The summed E-state index contributed by atoms with van der Waals surface area (Å²) < 4.78 is 0. The first kappa shape index (κ1) is 16.3. The molecule has 0 amide bonds. The second-order valence-electron chi connectivity index (χ2n) is 7.28. The van der Waals surface area contributed by atoms with Crippen LogP contribution < -0.4 is 5.32 Å². The van der Waals surface area contributed by atoms with Crippen LogP contribution in [0.2, 0.25) is 0 Å². The van der Waals surface area contributed by atoms with Crippen molar-refractivity contribution in [3.63, 3.8) is 0 Å². The van der Waals surface area contributed by atoms with Gasteiger partial charge in [0.05, 0.1) is 0 Å². The molecule has 1 heterocycles. The van der Waals surface area contributed by atoms with Crippen molar-refractivity contribution in [2.45, 2.75) is 96.7 Å². The van der Waals surface area contributed by atoms with Crippen molar-refractivity contribution in [2.75, 3.05) is 13.1 Å². The second-order valence-corrected chi connectivity index (χ2v) is 7.28. The molecule has 0 aromatic carbocycles. The van der Waals surface area contributed by atoms with Gasteiger partial charge in [-0.05, 0) is 58.4 Å². The first-order chi connectivity index (χ1) is 9.72. The van der Waals surface area contributed by atoms with Crippen LogP contribution in [0.1, 0.15) is 78.6 Å². The molecule has 1 N–H and O–H groups in total. The van der Waals surface area contributed by atoms with Gasteiger partial charge in [-0.15, -0.1) is 0 Å². The van der Waals surface area contributed by atoms with Gasteiger partial charge in [-0.3, -0.25) is 4.90 Å². The molecule has 20 heavy (non-hydrogen) atoms. The fourth-order valence-corrected chi connectivity index (χ4v) is 4.31. The molecule has 1 saturated heterocycles. The van der Waals surface area contributed by atoms with Crippen LogP contribution in [-0.2, 0) is 0 Å². The summed E-state index contributed by atoms with van der Waals surface area (Å²) in [5, 5.41) is 3.89. The number of likely N-dealkylation sites (tertiary alicyclic amines) is 1. The van der Waals surface area contributed by atoms with Crippen molar-refractivity contribution >= 4 is 0 Å². The molecule has 0 spiro atoms. The van der Waals surface area contributed by atoms with Gasteiger partial charge in [0.2, 0.25) is 0 Å². The Hall–Kier alpha value is -0.0800. The lowest BCUT2D eigenvalue weighted by Crippen LogP contribution is -2.53. The van der Waals surface area contributed by atoms with E-state index in [2.05, 4.69) is 31.0 Å². The molecule has 2 nitrogen and oxygen atoms in total. The molecule has 2 fully saturated rings. The van der Waals surface area contributed by atoms with Crippen LogP contribution in [0.5, 0.6) is 0 Å². The third kappa shape index (κ3) is 4.46. The predicted octanol–water partition coefficient (Wildman–Crippen LogP) is 4.20. The quantitative estimate of drug-likeness (QED) is 0.784. The molecule has 2 aliphatic rings. The highest BCUT2D eigenvalue weighted by atomic mass is 15.2. The highest BCUT2D eigenvalue weighted by molar-refractivity contribution is 4.87. The van der Waals surface area contributed by atoms with E-state index in [0.717, 1.165) is 24.0 Å². The van der Waals surface area contributed by atoms with E-state index in [9.17, 15) is 0 Å². The van der Waals surface area contributed by atoms with Gasteiger partial charge >= 0.3 is 0 Å². The maximum absolute atomic E-state index is 3.89. The minimum atomic E-state index is 0.734. The Balaban J connectivity index is 1.94. The molecule has 2 rings (SSSR count). The molecule has 1 aliphatic heterocycles. The van der Waals surface area contributed by atoms with E-state index in [-0.39, 0.29) is 0 Å². The fraction of sp³-hybridized carbons (Fsp3) is 1.00. The average molecular weight is 280 g/mol. The molecule has 0 bridgehead atoms. The summed E-state index contributed by atoms with van der Waals surface area (Å²) in [5.74, 6) is 0.927. The lowest BCUT2D eigenvalue weighted by Gasteiger charge is -2.43. The predicted molar refractivity (Wildman–Crippen MR) is 88.1 cm³/mol. The molecule has 118 valence electrons. The molecule has 2 heteroatoms. The van der Waals surface area contributed by atoms with Crippen LogP contribution in [0.3, 0.4) is 0 Å². The molecule has 1 aliphatic carbocycles. The van der Waals surface area contributed by atoms with E-state index in [1.807, 2.05) is 0 Å². The van der Waals surface area contributed by atoms with E-state index in [0.29, 0.717) is 0 Å². The minimum Gasteiger partial charge on any atom is -0.312 e. The minimum absolute atomic E-state index is 0.734. The molecule has 0 radical (unpaired) electrons. The van der Waals surface area contributed by atoms with Gasteiger partial charge in [0, 0.05) is 24.7 Å². The summed E-state index contributed by atoms with van der Waals surface area (Å²) in [6.07, 6.45) is 12.8. The molecule has 3 atom stereocenters. The zero-order chi connectivity index (χ0) is 14.4. The summed E-state index contributed by atoms with van der Waals surface area (Å²) in [4.78, 5) is 2.80. The molecular weight excluding hydrogens is 244 g/mol. The van der Waals surface area contributed by atoms with Crippen molar-refractivity contribution < 1.29 is 0 Å². The number of rotatable bonds is 6. The van der Waals surface area contributed by atoms with Crippen LogP contribution in [0, 0.1) is 5.92 Å². The first-order valence-electron chi connectivity index (χ1n) is 9.21. The number of hydrogen-bond acceptors (Lipinski definition) is 2. The van der Waals surface area contributed by atoms with E-state index in [1.165, 1.54) is 70.9 Å². The van der Waals surface area contributed by atoms with Crippen LogP contribution in [0.15, 0.2) is 0 Å². The maximum Gasteiger partial charge on any atom is 0.0223 e. The van der Waals surface area contributed by atoms with Crippen molar-refractivity contribution in [3.05, 3.63) is 0 Å². The van der Waals surface area contributed by atoms with Crippen molar-refractivity contribution in [1.29, 1.82) is 0 Å². The summed E-state index contributed by atoms with van der Waals surface area (Å²) in [6, 6.07) is 2.31. The molecular formula is C18H36N2. The Bertz CT molecular complexity index is 250. The van der Waals surface area contributed by atoms with Gasteiger partial charge in [0.15, 0.2) is 0 Å². The Morgan fingerprint density at radius 2 is 1.60 bits per heavy atom. The number of nitrogens with zero attached hydrogens (tertiary/aromatic N) is 1. The molecule has 0 aromatic heterocycles. The van der Waals surface area contributed by atoms with Crippen LogP contribution in [-0.4, -0.2) is 36.1 Å². The first-order valence-corrected chi connectivity index (χ1v) is 9.21. The maximum atomic E-state index is 3.89. The van der Waals surface area contributed by atoms with E-state index in [4.69, 9.17) is 0 Å². The smallest absolute Gasteiger partial charge is 0.0223 e. The van der Waals surface area contributed by atoms with Gasteiger partial charge in [-0.1, -0.05) is 32.6 Å². The second kappa shape index (κ2) is 8.38. The van der Waals surface area contributed by atoms with Crippen LogP contribution >= 0.6 is 0 Å². The summed E-state index contributed by atoms with van der Waals surface area (Å²) in [6.45, 7) is 9.64. The van der Waals surface area contributed by atoms with Crippen LogP contribution in [0.4, 0.5) is 0 Å². The largest absolute Gasteiger partial charge is 0.312 e. The number of piperidine rings is 1. The van der Waals surface area contributed by atoms with Crippen LogP contribution in [0.25, 0.3) is 0 Å². The SMILES string of the molecule is CCCNC(CN1[C@H](C)CCC[C@@H]1C)C1CCCCC1. The highest BCUT2D eigenvalue weighted by Gasteiger charge is 2.30. The Morgan fingerprint density at radius 1 is 0.950 bits per heavy atom. The van der Waals surface area contributed by atoms with E-state index >= 15 is 0 Å². The average Bonchev–Trinajstić information content (AvgIpc) is 2.47. The standard InChI is InChI=1S/C18H36N2/c1-4-13-19-18(17-11-6-5-7-12-17)14-20-15(2)9-8-10-16(20)3/h15-19H,4-14H2,1-3H3/t15-,16+,18?. The molecule has 0 aromatic rings. The third-order valence-corrected chi connectivity index (χ3v) is 5.66. The van der Waals surface area contributed by atoms with Gasteiger partial charge in [0.25, 0.3) is 0 Å². The van der Waals surface area contributed by atoms with Gasteiger partial charge in [-0.2, -0.15) is 0 Å². The summed E-state index contributed by atoms with van der Waals surface area (Å²) in [7, 11) is 0. The monoisotopic (exact) mass is 280 g/mol. The van der Waals surface area contributed by atoms with Gasteiger partial charge < -0.3 is 5.32 Å². The van der Waals surface area contributed by atoms with E-state index < -0.39 is 0 Å². The normalized spacial score (nSPS) is 31.4. The van der Waals surface area contributed by atoms with Crippen molar-refractivity contribution in [3.8, 4) is 0 Å². The summed E-state index contributed by atoms with van der Waals surface area (Å²) in [5.41, 5.74) is 0. The Labute approximate surface area is 126 Å². The number of nitrogens with one attached hydrogen (secondary N) is 1.